The molecule has 0 radical (unpaired) electrons. The molecule has 0 aliphatic rings. The summed E-state index contributed by atoms with van der Waals surface area (Å²) in [5, 5.41) is 3.91. The molecule has 0 fully saturated rings. The van der Waals surface area contributed by atoms with Crippen molar-refractivity contribution >= 4 is 5.91 Å². The lowest BCUT2D eigenvalue weighted by atomic mass is 10.2. The van der Waals surface area contributed by atoms with E-state index in [0.717, 1.165) is 16.1 Å². The summed E-state index contributed by atoms with van der Waals surface area (Å²) < 4.78 is 18.4. The van der Waals surface area contributed by atoms with Gasteiger partial charge in [0.2, 0.25) is 5.91 Å². The molecule has 0 aliphatic carbocycles. The molecule has 2 N–H and O–H groups in total. The monoisotopic (exact) mass is 331 g/mol. The molecule has 6 nitrogen and oxygen atoms in total. The topological polar surface area (TPSA) is 85.0 Å². The van der Waals surface area contributed by atoms with E-state index in [4.69, 9.17) is 10.5 Å². The summed E-state index contributed by atoms with van der Waals surface area (Å²) in [4.78, 5) is 21.9. The molecular weight excluding hydrogens is 313 g/mol. The van der Waals surface area contributed by atoms with Gasteiger partial charge in [0, 0.05) is 0 Å². The minimum atomic E-state index is -0.781. The average Bonchev–Trinajstić information content (AvgIpc) is 2.59. The lowest BCUT2D eigenvalue weighted by Gasteiger charge is -2.20. The number of benzene rings is 2. The van der Waals surface area contributed by atoms with Gasteiger partial charge in [-0.2, -0.15) is 0 Å². The lowest BCUT2D eigenvalue weighted by molar-refractivity contribution is -0.122. The van der Waals surface area contributed by atoms with Gasteiger partial charge in [-0.1, -0.05) is 24.3 Å². The Hall–Kier alpha value is -2.96. The summed E-state index contributed by atoms with van der Waals surface area (Å²) in [5.74, 6) is -0.271. The second-order valence-electron chi connectivity index (χ2n) is 5.32. The zero-order valence-corrected chi connectivity index (χ0v) is 13.2. The van der Waals surface area contributed by atoms with Crippen LogP contribution in [-0.4, -0.2) is 17.0 Å². The maximum Gasteiger partial charge on any atom is 0.241 e. The van der Waals surface area contributed by atoms with Crippen molar-refractivity contribution in [3.05, 3.63) is 70.4 Å². The predicted octanol–water partition coefficient (Wildman–Crippen LogP) is 2.76. The van der Waals surface area contributed by atoms with Crippen LogP contribution in [0.4, 0.5) is 4.39 Å². The van der Waals surface area contributed by atoms with E-state index in [1.165, 1.54) is 19.1 Å². The van der Waals surface area contributed by atoms with Crippen molar-refractivity contribution in [3.63, 3.8) is 0 Å². The third-order valence-electron chi connectivity index (χ3n) is 3.55. The van der Waals surface area contributed by atoms with Gasteiger partial charge in [-0.25, -0.2) is 9.40 Å². The molecule has 0 heterocycles. The number of hydrogen-bond acceptors (Lipinski definition) is 4. The molecule has 1 atom stereocenters. The minimum absolute atomic E-state index is 0.172. The Labute approximate surface area is 139 Å². The molecule has 0 aliphatic heterocycles. The molecule has 0 saturated carbocycles. The highest BCUT2D eigenvalue weighted by atomic mass is 19.1. The summed E-state index contributed by atoms with van der Waals surface area (Å²) in [6.07, 6.45) is 0. The molecule has 0 saturated heterocycles. The van der Waals surface area contributed by atoms with E-state index < -0.39 is 11.9 Å². The largest absolute Gasteiger partial charge is 0.489 e. The molecule has 1 amide bonds. The standard InChI is InChI=1S/C17H18FN3O3/c1-12(17(19)22)21(20-23)10-13-4-8-16(9-5-13)24-11-14-2-6-15(18)7-3-14/h2-9,12H,10-11H2,1H3,(H2,19,22)/t12-/m0/s1. The van der Waals surface area contributed by atoms with Crippen molar-refractivity contribution in [2.75, 3.05) is 0 Å². The summed E-state index contributed by atoms with van der Waals surface area (Å²) in [6, 6.07) is 12.3. The molecule has 7 heteroatoms. The Morgan fingerprint density at radius 3 is 2.29 bits per heavy atom. The Morgan fingerprint density at radius 2 is 1.75 bits per heavy atom. The molecule has 2 aromatic carbocycles. The maximum atomic E-state index is 12.8. The van der Waals surface area contributed by atoms with Gasteiger partial charge in [-0.15, -0.1) is 4.91 Å². The number of nitroso groups, excluding NO2 is 1. The number of rotatable bonds is 8. The zero-order valence-electron chi connectivity index (χ0n) is 13.2. The van der Waals surface area contributed by atoms with E-state index in [9.17, 15) is 14.1 Å². The molecule has 2 rings (SSSR count). The molecule has 0 unspecified atom stereocenters. The number of nitrogens with two attached hydrogens (primary N) is 1. The van der Waals surface area contributed by atoms with Gasteiger partial charge in [0.1, 0.15) is 24.2 Å². The van der Waals surface area contributed by atoms with Crippen LogP contribution < -0.4 is 10.5 Å². The molecule has 24 heavy (non-hydrogen) atoms. The van der Waals surface area contributed by atoms with E-state index in [0.29, 0.717) is 12.4 Å². The number of nitrogens with zero attached hydrogens (tertiary/aromatic N) is 2. The summed E-state index contributed by atoms with van der Waals surface area (Å²) >= 11 is 0. The van der Waals surface area contributed by atoms with Crippen molar-refractivity contribution in [1.29, 1.82) is 0 Å². The first-order valence-corrected chi connectivity index (χ1v) is 7.35. The van der Waals surface area contributed by atoms with Crippen LogP contribution in [0.2, 0.25) is 0 Å². The number of halogens is 1. The van der Waals surface area contributed by atoms with Crippen LogP contribution in [0.1, 0.15) is 18.1 Å². The third kappa shape index (κ3) is 4.77. The van der Waals surface area contributed by atoms with Gasteiger partial charge < -0.3 is 10.5 Å². The van der Waals surface area contributed by atoms with Gasteiger partial charge in [-0.05, 0) is 42.3 Å². The summed E-state index contributed by atoms with van der Waals surface area (Å²) in [6.45, 7) is 2.01. The normalized spacial score (nSPS) is 11.6. The van der Waals surface area contributed by atoms with Crippen molar-refractivity contribution in [1.82, 2.24) is 5.01 Å². The van der Waals surface area contributed by atoms with Crippen LogP contribution in [0.25, 0.3) is 0 Å². The lowest BCUT2D eigenvalue weighted by Crippen LogP contribution is -2.38. The van der Waals surface area contributed by atoms with E-state index >= 15 is 0 Å². The van der Waals surface area contributed by atoms with Crippen molar-refractivity contribution in [3.8, 4) is 5.75 Å². The van der Waals surface area contributed by atoms with Gasteiger partial charge in [-0.3, -0.25) is 4.79 Å². The SMILES string of the molecule is C[C@@H](C(N)=O)N(Cc1ccc(OCc2ccc(F)cc2)cc1)N=O. The second-order valence-corrected chi connectivity index (χ2v) is 5.32. The van der Waals surface area contributed by atoms with Crippen LogP contribution in [0.5, 0.6) is 5.75 Å². The highest BCUT2D eigenvalue weighted by Crippen LogP contribution is 2.16. The van der Waals surface area contributed by atoms with Crippen molar-refractivity contribution in [2.24, 2.45) is 11.0 Å². The Kier molecular flexibility index (Phi) is 5.83. The fraction of sp³-hybridized carbons (Fsp3) is 0.235. The Balaban J connectivity index is 1.93. The number of carbonyl (C=O) groups is 1. The predicted molar refractivity (Wildman–Crippen MR) is 87.2 cm³/mol. The minimum Gasteiger partial charge on any atom is -0.489 e. The number of hydrogen-bond donors (Lipinski definition) is 1. The Morgan fingerprint density at radius 1 is 1.17 bits per heavy atom. The zero-order chi connectivity index (χ0) is 17.5. The highest BCUT2D eigenvalue weighted by Gasteiger charge is 2.18. The second kappa shape index (κ2) is 8.05. The van der Waals surface area contributed by atoms with Crippen LogP contribution in [0.3, 0.4) is 0 Å². The van der Waals surface area contributed by atoms with E-state index in [1.807, 2.05) is 0 Å². The first kappa shape index (κ1) is 17.4. The summed E-state index contributed by atoms with van der Waals surface area (Å²) in [7, 11) is 0. The smallest absolute Gasteiger partial charge is 0.241 e. The number of ether oxygens (including phenoxy) is 1. The fourth-order valence-electron chi connectivity index (χ4n) is 2.01. The molecular formula is C17H18FN3O3. The van der Waals surface area contributed by atoms with Crippen LogP contribution >= 0.6 is 0 Å². The third-order valence-corrected chi connectivity index (χ3v) is 3.55. The van der Waals surface area contributed by atoms with Crippen LogP contribution in [-0.2, 0) is 17.9 Å². The summed E-state index contributed by atoms with van der Waals surface area (Å²) in [5.41, 5.74) is 6.81. The van der Waals surface area contributed by atoms with Crippen LogP contribution in [0, 0.1) is 10.7 Å². The first-order chi connectivity index (χ1) is 11.5. The number of carbonyl (C=O) groups excluding carboxylic acids is 1. The number of amides is 1. The average molecular weight is 331 g/mol. The molecule has 126 valence electrons. The molecule has 0 aromatic heterocycles. The van der Waals surface area contributed by atoms with Crippen molar-refractivity contribution in [2.45, 2.75) is 26.1 Å². The van der Waals surface area contributed by atoms with Gasteiger partial charge in [0.05, 0.1) is 11.8 Å². The van der Waals surface area contributed by atoms with Gasteiger partial charge in [0.15, 0.2) is 0 Å². The van der Waals surface area contributed by atoms with E-state index in [2.05, 4.69) is 5.29 Å². The molecule has 2 aromatic rings. The van der Waals surface area contributed by atoms with E-state index in [1.54, 1.807) is 36.4 Å². The van der Waals surface area contributed by atoms with Crippen LogP contribution in [0.15, 0.2) is 53.8 Å². The van der Waals surface area contributed by atoms with Gasteiger partial charge in [0.25, 0.3) is 0 Å². The maximum absolute atomic E-state index is 12.8. The highest BCUT2D eigenvalue weighted by molar-refractivity contribution is 5.79. The van der Waals surface area contributed by atoms with E-state index in [-0.39, 0.29) is 12.4 Å². The Bertz CT molecular complexity index is 689. The molecule has 0 bridgehead atoms. The number of primary amides is 1. The van der Waals surface area contributed by atoms with Gasteiger partial charge >= 0.3 is 0 Å². The first-order valence-electron chi connectivity index (χ1n) is 7.35. The quantitative estimate of drug-likeness (QED) is 0.595. The fourth-order valence-corrected chi connectivity index (χ4v) is 2.01. The van der Waals surface area contributed by atoms with Crippen molar-refractivity contribution < 1.29 is 13.9 Å². The molecule has 0 spiro atoms.